The lowest BCUT2D eigenvalue weighted by Crippen LogP contribution is -2.12. The van der Waals surface area contributed by atoms with E-state index in [9.17, 15) is 4.79 Å². The molecule has 0 radical (unpaired) electrons. The largest absolute Gasteiger partial charge is 0.497 e. The van der Waals surface area contributed by atoms with Crippen LogP contribution in [-0.2, 0) is 4.79 Å². The topological polar surface area (TPSA) is 26.3 Å². The van der Waals surface area contributed by atoms with Gasteiger partial charge in [-0.05, 0) is 30.5 Å². The number of hydrogen-bond donors (Lipinski definition) is 0. The molecule has 1 aromatic carbocycles. The number of Topliss-reactive ketones (excluding diaryl/α,β-unsaturated/α-hetero) is 1. The van der Waals surface area contributed by atoms with E-state index in [-0.39, 0.29) is 5.92 Å². The number of unbranched alkanes of at least 4 members (excludes halogenated alkanes) is 3. The number of rotatable bonds is 10. The van der Waals surface area contributed by atoms with Crippen LogP contribution >= 0.6 is 0 Å². The predicted molar refractivity (Wildman–Crippen MR) is 84.4 cm³/mol. The fraction of sp³-hybridized carbons (Fsp3) is 0.611. The van der Waals surface area contributed by atoms with Gasteiger partial charge in [0.15, 0.2) is 0 Å². The van der Waals surface area contributed by atoms with Crippen molar-refractivity contribution in [3.05, 3.63) is 29.8 Å². The van der Waals surface area contributed by atoms with Crippen LogP contribution in [0, 0.1) is 0 Å². The van der Waals surface area contributed by atoms with Gasteiger partial charge in [0.05, 0.1) is 7.11 Å². The first kappa shape index (κ1) is 16.7. The van der Waals surface area contributed by atoms with Gasteiger partial charge in [0.25, 0.3) is 0 Å². The summed E-state index contributed by atoms with van der Waals surface area (Å²) in [6.07, 6.45) is 7.26. The Hall–Kier alpha value is -1.31. The van der Waals surface area contributed by atoms with Gasteiger partial charge in [-0.3, -0.25) is 4.79 Å². The summed E-state index contributed by atoms with van der Waals surface area (Å²) >= 11 is 0. The van der Waals surface area contributed by atoms with Gasteiger partial charge in [0.1, 0.15) is 11.5 Å². The number of hydrogen-bond acceptors (Lipinski definition) is 2. The molecule has 0 fully saturated rings. The Morgan fingerprint density at radius 1 is 1.05 bits per heavy atom. The highest BCUT2D eigenvalue weighted by Crippen LogP contribution is 2.27. The molecule has 0 aliphatic carbocycles. The van der Waals surface area contributed by atoms with Crippen molar-refractivity contribution in [3.63, 3.8) is 0 Å². The van der Waals surface area contributed by atoms with Crippen LogP contribution in [0.2, 0.25) is 0 Å². The van der Waals surface area contributed by atoms with Crippen molar-refractivity contribution < 1.29 is 9.53 Å². The first-order chi connectivity index (χ1) is 9.72. The number of carbonyl (C=O) groups excluding carboxylic acids is 1. The average molecular weight is 276 g/mol. The fourth-order valence-electron chi connectivity index (χ4n) is 2.48. The normalized spacial score (nSPS) is 12.2. The average Bonchev–Trinajstić information content (AvgIpc) is 2.48. The number of carbonyl (C=O) groups is 1. The Balaban J connectivity index is 2.73. The maximum atomic E-state index is 12.4. The molecule has 0 N–H and O–H groups in total. The molecule has 112 valence electrons. The Bertz CT molecular complexity index is 381. The third kappa shape index (κ3) is 5.36. The maximum Gasteiger partial charge on any atom is 0.140 e. The van der Waals surface area contributed by atoms with E-state index in [1.807, 2.05) is 24.3 Å². The molecule has 1 rings (SSSR count). The summed E-state index contributed by atoms with van der Waals surface area (Å²) in [7, 11) is 1.67. The Labute approximate surface area is 123 Å². The van der Waals surface area contributed by atoms with Gasteiger partial charge in [-0.1, -0.05) is 51.7 Å². The molecule has 2 nitrogen and oxygen atoms in total. The molecule has 0 unspecified atom stereocenters. The van der Waals surface area contributed by atoms with Gasteiger partial charge in [-0.25, -0.2) is 0 Å². The lowest BCUT2D eigenvalue weighted by Gasteiger charge is -2.16. The second kappa shape index (κ2) is 9.57. The minimum atomic E-state index is 0.0673. The maximum absolute atomic E-state index is 12.4. The Morgan fingerprint density at radius 2 is 1.70 bits per heavy atom. The third-order valence-electron chi connectivity index (χ3n) is 3.78. The van der Waals surface area contributed by atoms with E-state index >= 15 is 0 Å². The quantitative estimate of drug-likeness (QED) is 0.554. The van der Waals surface area contributed by atoms with Crippen molar-refractivity contribution in [2.75, 3.05) is 7.11 Å². The molecule has 0 amide bonds. The van der Waals surface area contributed by atoms with Crippen LogP contribution in [0.4, 0.5) is 0 Å². The molecular weight excluding hydrogens is 248 g/mol. The van der Waals surface area contributed by atoms with Crippen LogP contribution in [0.5, 0.6) is 5.75 Å². The first-order valence-corrected chi connectivity index (χ1v) is 7.89. The summed E-state index contributed by atoms with van der Waals surface area (Å²) in [4.78, 5) is 12.4. The Morgan fingerprint density at radius 3 is 2.25 bits per heavy atom. The lowest BCUT2D eigenvalue weighted by molar-refractivity contribution is -0.120. The summed E-state index contributed by atoms with van der Waals surface area (Å²) in [5, 5.41) is 0. The zero-order chi connectivity index (χ0) is 14.8. The van der Waals surface area contributed by atoms with Crippen LogP contribution in [-0.4, -0.2) is 12.9 Å². The van der Waals surface area contributed by atoms with Gasteiger partial charge >= 0.3 is 0 Å². The van der Waals surface area contributed by atoms with Crippen molar-refractivity contribution in [2.45, 2.75) is 64.7 Å². The van der Waals surface area contributed by atoms with Crippen molar-refractivity contribution in [1.82, 2.24) is 0 Å². The molecule has 0 aliphatic heterocycles. The van der Waals surface area contributed by atoms with Gasteiger partial charge < -0.3 is 4.74 Å². The highest BCUT2D eigenvalue weighted by Gasteiger charge is 2.19. The molecule has 0 bridgehead atoms. The third-order valence-corrected chi connectivity index (χ3v) is 3.78. The molecule has 0 spiro atoms. The molecule has 1 atom stereocenters. The molecule has 0 heterocycles. The van der Waals surface area contributed by atoms with Gasteiger partial charge in [-0.2, -0.15) is 0 Å². The summed E-state index contributed by atoms with van der Waals surface area (Å²) in [5.74, 6) is 1.32. The van der Waals surface area contributed by atoms with Crippen molar-refractivity contribution >= 4 is 5.78 Å². The SMILES string of the molecule is CCCCCC(=O)[C@@H](CCCC)c1ccc(OC)cc1. The summed E-state index contributed by atoms with van der Waals surface area (Å²) in [6, 6.07) is 7.98. The van der Waals surface area contributed by atoms with E-state index in [0.29, 0.717) is 12.2 Å². The molecule has 0 saturated heterocycles. The monoisotopic (exact) mass is 276 g/mol. The molecular formula is C18H28O2. The van der Waals surface area contributed by atoms with Crippen molar-refractivity contribution in [2.24, 2.45) is 0 Å². The Kier molecular flexibility index (Phi) is 8.01. The van der Waals surface area contributed by atoms with Crippen LogP contribution < -0.4 is 4.74 Å². The van der Waals surface area contributed by atoms with Crippen LogP contribution in [0.1, 0.15) is 70.3 Å². The van der Waals surface area contributed by atoms with E-state index in [1.165, 1.54) is 0 Å². The highest BCUT2D eigenvalue weighted by atomic mass is 16.5. The van der Waals surface area contributed by atoms with Crippen molar-refractivity contribution in [3.8, 4) is 5.75 Å². The number of benzene rings is 1. The van der Waals surface area contributed by atoms with Gasteiger partial charge in [0.2, 0.25) is 0 Å². The smallest absolute Gasteiger partial charge is 0.140 e. The van der Waals surface area contributed by atoms with Crippen LogP contribution in [0.15, 0.2) is 24.3 Å². The van der Waals surface area contributed by atoms with Gasteiger partial charge in [0, 0.05) is 12.3 Å². The molecule has 0 aliphatic rings. The van der Waals surface area contributed by atoms with Crippen LogP contribution in [0.25, 0.3) is 0 Å². The van der Waals surface area contributed by atoms with E-state index in [2.05, 4.69) is 13.8 Å². The lowest BCUT2D eigenvalue weighted by atomic mass is 9.87. The minimum absolute atomic E-state index is 0.0673. The number of ether oxygens (including phenoxy) is 1. The number of ketones is 1. The zero-order valence-electron chi connectivity index (χ0n) is 13.2. The highest BCUT2D eigenvalue weighted by molar-refractivity contribution is 5.85. The molecule has 0 aromatic heterocycles. The van der Waals surface area contributed by atoms with E-state index in [4.69, 9.17) is 4.74 Å². The molecule has 0 saturated carbocycles. The van der Waals surface area contributed by atoms with E-state index in [0.717, 1.165) is 49.8 Å². The summed E-state index contributed by atoms with van der Waals surface area (Å²) < 4.78 is 5.19. The summed E-state index contributed by atoms with van der Waals surface area (Å²) in [6.45, 7) is 4.34. The first-order valence-electron chi connectivity index (χ1n) is 7.89. The molecule has 20 heavy (non-hydrogen) atoms. The second-order valence-corrected chi connectivity index (χ2v) is 5.39. The predicted octanol–water partition coefficient (Wildman–Crippen LogP) is 5.12. The second-order valence-electron chi connectivity index (χ2n) is 5.39. The van der Waals surface area contributed by atoms with Gasteiger partial charge in [-0.15, -0.1) is 0 Å². The fourth-order valence-corrected chi connectivity index (χ4v) is 2.48. The van der Waals surface area contributed by atoms with E-state index in [1.54, 1.807) is 7.11 Å². The standard InChI is InChI=1S/C18H28O2/c1-4-6-8-10-18(19)17(9-7-5-2)15-11-13-16(20-3)14-12-15/h11-14,17H,4-10H2,1-3H3/t17-/m0/s1. The number of methoxy groups -OCH3 is 1. The minimum Gasteiger partial charge on any atom is -0.497 e. The summed E-state index contributed by atoms with van der Waals surface area (Å²) in [5.41, 5.74) is 1.14. The molecule has 1 aromatic rings. The zero-order valence-corrected chi connectivity index (χ0v) is 13.2. The van der Waals surface area contributed by atoms with Crippen LogP contribution in [0.3, 0.4) is 0 Å². The van der Waals surface area contributed by atoms with E-state index < -0.39 is 0 Å². The molecule has 2 heteroatoms. The van der Waals surface area contributed by atoms with Crippen molar-refractivity contribution in [1.29, 1.82) is 0 Å².